The van der Waals surface area contributed by atoms with Gasteiger partial charge in [-0.05, 0) is 52.5 Å². The third kappa shape index (κ3) is 4.43. The number of benzene rings is 1. The fourth-order valence-corrected chi connectivity index (χ4v) is 3.80. The van der Waals surface area contributed by atoms with Crippen LogP contribution in [0.25, 0.3) is 0 Å². The van der Waals surface area contributed by atoms with E-state index in [1.54, 1.807) is 11.5 Å². The number of nitrogens with zero attached hydrogens (tertiary/aromatic N) is 2. The lowest BCUT2D eigenvalue weighted by Gasteiger charge is -2.30. The van der Waals surface area contributed by atoms with Gasteiger partial charge in [0.2, 0.25) is 0 Å². The van der Waals surface area contributed by atoms with Crippen LogP contribution in [0.15, 0.2) is 58.7 Å². The van der Waals surface area contributed by atoms with Crippen LogP contribution in [0.2, 0.25) is 0 Å². The molecule has 154 valence electrons. The Hall–Kier alpha value is -2.86. The highest BCUT2D eigenvalue weighted by atomic mass is 16.5. The summed E-state index contributed by atoms with van der Waals surface area (Å²) in [5.74, 6) is -0.847. The van der Waals surface area contributed by atoms with Gasteiger partial charge in [0, 0.05) is 24.1 Å². The predicted molar refractivity (Wildman–Crippen MR) is 115 cm³/mol. The molecule has 1 aromatic carbocycles. The third-order valence-corrected chi connectivity index (χ3v) is 5.14. The van der Waals surface area contributed by atoms with E-state index in [-0.39, 0.29) is 18.1 Å². The van der Waals surface area contributed by atoms with Gasteiger partial charge in [0.05, 0.1) is 23.7 Å². The van der Waals surface area contributed by atoms with Crippen LogP contribution >= 0.6 is 0 Å². The summed E-state index contributed by atoms with van der Waals surface area (Å²) in [7, 11) is 4.04. The zero-order chi connectivity index (χ0) is 21.0. The van der Waals surface area contributed by atoms with E-state index in [4.69, 9.17) is 4.74 Å². The third-order valence-electron chi connectivity index (χ3n) is 5.14. The number of nitrogens with one attached hydrogen (secondary N) is 1. The average Bonchev–Trinajstić information content (AvgIpc) is 2.69. The molecule has 0 spiro atoms. The van der Waals surface area contributed by atoms with E-state index < -0.39 is 5.92 Å². The molecule has 6 heteroatoms. The molecule has 0 fully saturated rings. The number of carbonyl (C=O) groups is 1. The molecule has 29 heavy (non-hydrogen) atoms. The summed E-state index contributed by atoms with van der Waals surface area (Å²) in [5.41, 5.74) is 3.39. The van der Waals surface area contributed by atoms with Gasteiger partial charge in [-0.15, -0.1) is 0 Å². The normalized spacial score (nSPS) is 15.8. The number of ether oxygens (including phenoxy) is 1. The second-order valence-electron chi connectivity index (χ2n) is 7.53. The maximum atomic E-state index is 13.4. The van der Waals surface area contributed by atoms with Gasteiger partial charge in [-0.25, -0.2) is 4.79 Å². The van der Waals surface area contributed by atoms with Gasteiger partial charge >= 0.3 is 5.97 Å². The van der Waals surface area contributed by atoms with Crippen LogP contribution < -0.4 is 10.9 Å². The Balaban J connectivity index is 2.11. The Morgan fingerprint density at radius 2 is 1.93 bits per heavy atom. The van der Waals surface area contributed by atoms with Crippen LogP contribution in [0.4, 0.5) is 5.69 Å². The van der Waals surface area contributed by atoms with Crippen molar-refractivity contribution in [2.24, 2.45) is 0 Å². The van der Waals surface area contributed by atoms with Crippen LogP contribution in [0, 0.1) is 0 Å². The van der Waals surface area contributed by atoms with E-state index in [0.29, 0.717) is 17.7 Å². The van der Waals surface area contributed by atoms with Gasteiger partial charge in [-0.2, -0.15) is 0 Å². The first-order valence-electron chi connectivity index (χ1n) is 10.0. The molecule has 2 heterocycles. The SMILES string of the molecule is CCOC(=O)C1=C(C)Nc2ccn(CCCN(C)C)c(=O)c2C1c1ccccc1. The molecule has 0 bridgehead atoms. The van der Waals surface area contributed by atoms with Gasteiger partial charge in [-0.3, -0.25) is 4.79 Å². The van der Waals surface area contributed by atoms with Crippen LogP contribution in [0.5, 0.6) is 0 Å². The first-order valence-corrected chi connectivity index (χ1v) is 10.0. The van der Waals surface area contributed by atoms with E-state index >= 15 is 0 Å². The monoisotopic (exact) mass is 395 g/mol. The maximum absolute atomic E-state index is 13.4. The highest BCUT2D eigenvalue weighted by molar-refractivity contribution is 5.94. The van der Waals surface area contributed by atoms with Crippen molar-refractivity contribution in [3.05, 3.63) is 75.3 Å². The summed E-state index contributed by atoms with van der Waals surface area (Å²) >= 11 is 0. The number of aryl methyl sites for hydroxylation is 1. The van der Waals surface area contributed by atoms with Gasteiger partial charge in [0.1, 0.15) is 0 Å². The van der Waals surface area contributed by atoms with Gasteiger partial charge < -0.3 is 19.5 Å². The zero-order valence-corrected chi connectivity index (χ0v) is 17.6. The number of rotatable bonds is 7. The number of allylic oxidation sites excluding steroid dienone is 1. The van der Waals surface area contributed by atoms with Crippen molar-refractivity contribution in [3.8, 4) is 0 Å². The minimum atomic E-state index is -0.458. The van der Waals surface area contributed by atoms with Crippen LogP contribution in [0.3, 0.4) is 0 Å². The zero-order valence-electron chi connectivity index (χ0n) is 17.6. The number of hydrogen-bond donors (Lipinski definition) is 1. The van der Waals surface area contributed by atoms with E-state index in [9.17, 15) is 9.59 Å². The molecular weight excluding hydrogens is 366 g/mol. The Morgan fingerprint density at radius 3 is 2.59 bits per heavy atom. The Kier molecular flexibility index (Phi) is 6.54. The molecule has 0 aliphatic carbocycles. The Morgan fingerprint density at radius 1 is 1.21 bits per heavy atom. The van der Waals surface area contributed by atoms with Crippen molar-refractivity contribution >= 4 is 11.7 Å². The molecule has 3 rings (SSSR count). The summed E-state index contributed by atoms with van der Waals surface area (Å²) in [6.07, 6.45) is 2.70. The first-order chi connectivity index (χ1) is 13.9. The van der Waals surface area contributed by atoms with Gasteiger partial charge in [0.25, 0.3) is 5.56 Å². The molecule has 2 aromatic rings. The smallest absolute Gasteiger partial charge is 0.336 e. The minimum Gasteiger partial charge on any atom is -0.463 e. The van der Waals surface area contributed by atoms with Crippen LogP contribution in [-0.2, 0) is 16.1 Å². The molecular formula is C23H29N3O3. The molecule has 1 unspecified atom stereocenters. The summed E-state index contributed by atoms with van der Waals surface area (Å²) in [4.78, 5) is 28.4. The van der Waals surface area contributed by atoms with Crippen molar-refractivity contribution in [2.45, 2.75) is 32.7 Å². The summed E-state index contributed by atoms with van der Waals surface area (Å²) in [5, 5.41) is 3.25. The number of aromatic nitrogens is 1. The van der Waals surface area contributed by atoms with Crippen molar-refractivity contribution in [3.63, 3.8) is 0 Å². The fraction of sp³-hybridized carbons (Fsp3) is 0.391. The van der Waals surface area contributed by atoms with Gasteiger partial charge in [0.15, 0.2) is 0 Å². The quantitative estimate of drug-likeness (QED) is 0.730. The molecule has 0 saturated carbocycles. The molecule has 1 aromatic heterocycles. The molecule has 1 atom stereocenters. The predicted octanol–water partition coefficient (Wildman–Crippen LogP) is 3.19. The lowest BCUT2D eigenvalue weighted by atomic mass is 9.81. The van der Waals surface area contributed by atoms with E-state index in [1.165, 1.54) is 0 Å². The van der Waals surface area contributed by atoms with Crippen LogP contribution in [0.1, 0.15) is 37.3 Å². The minimum absolute atomic E-state index is 0.0723. The topological polar surface area (TPSA) is 63.6 Å². The summed E-state index contributed by atoms with van der Waals surface area (Å²) in [6, 6.07) is 11.6. The second-order valence-corrected chi connectivity index (χ2v) is 7.53. The highest BCUT2D eigenvalue weighted by Gasteiger charge is 2.35. The Labute approximate surface area is 171 Å². The molecule has 0 amide bonds. The van der Waals surface area contributed by atoms with Crippen molar-refractivity contribution in [1.82, 2.24) is 9.47 Å². The molecule has 1 aliphatic heterocycles. The summed E-state index contributed by atoms with van der Waals surface area (Å²) in [6.45, 7) is 5.45. The van der Waals surface area contributed by atoms with Crippen molar-refractivity contribution in [2.75, 3.05) is 32.6 Å². The summed E-state index contributed by atoms with van der Waals surface area (Å²) < 4.78 is 7.07. The number of carbonyl (C=O) groups excluding carboxylic acids is 1. The number of anilines is 1. The maximum Gasteiger partial charge on any atom is 0.336 e. The lowest BCUT2D eigenvalue weighted by molar-refractivity contribution is -0.138. The Bertz CT molecular complexity index is 961. The number of pyridine rings is 1. The lowest BCUT2D eigenvalue weighted by Crippen LogP contribution is -2.33. The van der Waals surface area contributed by atoms with E-state index in [2.05, 4.69) is 10.2 Å². The molecule has 1 N–H and O–H groups in total. The molecule has 1 aliphatic rings. The molecule has 0 radical (unpaired) electrons. The van der Waals surface area contributed by atoms with Gasteiger partial charge in [-0.1, -0.05) is 30.3 Å². The second kappa shape index (κ2) is 9.09. The largest absolute Gasteiger partial charge is 0.463 e. The number of fused-ring (bicyclic) bond motifs is 1. The van der Waals surface area contributed by atoms with E-state index in [0.717, 1.165) is 29.9 Å². The van der Waals surface area contributed by atoms with Crippen molar-refractivity contribution in [1.29, 1.82) is 0 Å². The molecule has 6 nitrogen and oxygen atoms in total. The standard InChI is InChI=1S/C23H29N3O3/c1-5-29-23(28)19-16(2)24-18-12-15-26(14-9-13-25(3)4)22(27)21(18)20(19)17-10-7-6-8-11-17/h6-8,10-12,15,20,24H,5,9,13-14H2,1-4H3. The highest BCUT2D eigenvalue weighted by Crippen LogP contribution is 2.40. The first kappa shape index (κ1) is 20.9. The average molecular weight is 396 g/mol. The van der Waals surface area contributed by atoms with E-state index in [1.807, 2.05) is 63.6 Å². The van der Waals surface area contributed by atoms with Crippen molar-refractivity contribution < 1.29 is 9.53 Å². The number of esters is 1. The number of hydrogen-bond acceptors (Lipinski definition) is 5. The molecule has 0 saturated heterocycles. The van der Waals surface area contributed by atoms with Crippen LogP contribution in [-0.4, -0.2) is 42.7 Å². The fourth-order valence-electron chi connectivity index (χ4n) is 3.80.